The molecule has 0 radical (unpaired) electrons. The number of nitrogens with one attached hydrogen (secondary N) is 2. The molecule has 2 N–H and O–H groups in total. The second kappa shape index (κ2) is 10.5. The zero-order chi connectivity index (χ0) is 18.9. The van der Waals surface area contributed by atoms with Gasteiger partial charge < -0.3 is 10.6 Å². The highest BCUT2D eigenvalue weighted by Gasteiger charge is 2.21. The summed E-state index contributed by atoms with van der Waals surface area (Å²) in [5.74, 6) is -0.233. The van der Waals surface area contributed by atoms with Crippen molar-refractivity contribution in [2.45, 2.75) is 32.9 Å². The maximum Gasteiger partial charge on any atom is 0.242 e. The van der Waals surface area contributed by atoms with Gasteiger partial charge in [-0.05, 0) is 31.0 Å². The van der Waals surface area contributed by atoms with Crippen LogP contribution < -0.4 is 10.6 Å². The van der Waals surface area contributed by atoms with E-state index in [0.717, 1.165) is 44.2 Å². The molecule has 7 heteroatoms. The summed E-state index contributed by atoms with van der Waals surface area (Å²) >= 11 is 5.92. The summed E-state index contributed by atoms with van der Waals surface area (Å²) in [6.45, 7) is 9.10. The monoisotopic (exact) mass is 380 g/mol. The molecule has 1 atom stereocenters. The van der Waals surface area contributed by atoms with Gasteiger partial charge in [0.15, 0.2) is 0 Å². The van der Waals surface area contributed by atoms with Gasteiger partial charge in [-0.25, -0.2) is 0 Å². The van der Waals surface area contributed by atoms with Crippen LogP contribution in [0.5, 0.6) is 0 Å². The average molecular weight is 381 g/mol. The van der Waals surface area contributed by atoms with Crippen molar-refractivity contribution >= 4 is 23.4 Å². The molecule has 0 aliphatic carbocycles. The SMILES string of the molecule is CCCNC(=O)[C@H](C)NC(=O)CN1CCN(Cc2ccc(Cl)cc2)CC1. The van der Waals surface area contributed by atoms with E-state index in [1.54, 1.807) is 6.92 Å². The molecule has 1 heterocycles. The molecule has 0 saturated carbocycles. The number of carbonyl (C=O) groups excluding carboxylic acids is 2. The molecular formula is C19H29ClN4O2. The maximum absolute atomic E-state index is 12.1. The van der Waals surface area contributed by atoms with Crippen molar-refractivity contribution in [1.29, 1.82) is 0 Å². The van der Waals surface area contributed by atoms with E-state index in [2.05, 4.69) is 20.4 Å². The van der Waals surface area contributed by atoms with E-state index in [1.165, 1.54) is 5.56 Å². The Kier molecular flexibility index (Phi) is 8.35. The van der Waals surface area contributed by atoms with E-state index in [1.807, 2.05) is 31.2 Å². The van der Waals surface area contributed by atoms with Crippen LogP contribution in [0.2, 0.25) is 5.02 Å². The summed E-state index contributed by atoms with van der Waals surface area (Å²) in [5.41, 5.74) is 1.24. The average Bonchev–Trinajstić information content (AvgIpc) is 2.63. The highest BCUT2D eigenvalue weighted by Crippen LogP contribution is 2.12. The Morgan fingerprint density at radius 2 is 1.73 bits per heavy atom. The first kappa shape index (κ1) is 20.7. The van der Waals surface area contributed by atoms with E-state index >= 15 is 0 Å². The normalized spacial score (nSPS) is 16.9. The van der Waals surface area contributed by atoms with E-state index in [4.69, 9.17) is 11.6 Å². The lowest BCUT2D eigenvalue weighted by Crippen LogP contribution is -2.52. The molecule has 1 aromatic rings. The third-order valence-electron chi connectivity index (χ3n) is 4.47. The van der Waals surface area contributed by atoms with Crippen LogP contribution in [-0.4, -0.2) is 66.9 Å². The summed E-state index contributed by atoms with van der Waals surface area (Å²) in [6.07, 6.45) is 0.882. The van der Waals surface area contributed by atoms with Crippen molar-refractivity contribution in [3.05, 3.63) is 34.9 Å². The highest BCUT2D eigenvalue weighted by molar-refractivity contribution is 6.30. The standard InChI is InChI=1S/C19H29ClN4O2/c1-3-8-21-19(26)15(2)22-18(25)14-24-11-9-23(10-12-24)13-16-4-6-17(20)7-5-16/h4-7,15H,3,8-14H2,1-2H3,(H,21,26)(H,22,25)/t15-/m0/s1. The van der Waals surface area contributed by atoms with E-state index < -0.39 is 6.04 Å². The summed E-state index contributed by atoms with van der Waals surface area (Å²) in [4.78, 5) is 28.5. The number of amides is 2. The highest BCUT2D eigenvalue weighted by atomic mass is 35.5. The number of halogens is 1. The Morgan fingerprint density at radius 3 is 2.35 bits per heavy atom. The molecule has 0 aromatic heterocycles. The molecule has 1 saturated heterocycles. The van der Waals surface area contributed by atoms with E-state index in [-0.39, 0.29) is 11.8 Å². The first-order valence-electron chi connectivity index (χ1n) is 9.24. The Labute approximate surface area is 160 Å². The molecule has 1 aliphatic heterocycles. The summed E-state index contributed by atoms with van der Waals surface area (Å²) in [5, 5.41) is 6.32. The van der Waals surface area contributed by atoms with Crippen LogP contribution in [-0.2, 0) is 16.1 Å². The van der Waals surface area contributed by atoms with Crippen molar-refractivity contribution in [2.75, 3.05) is 39.3 Å². The Hall–Kier alpha value is -1.63. The van der Waals surface area contributed by atoms with Crippen molar-refractivity contribution in [1.82, 2.24) is 20.4 Å². The summed E-state index contributed by atoms with van der Waals surface area (Å²) < 4.78 is 0. The number of rotatable bonds is 8. The fourth-order valence-electron chi connectivity index (χ4n) is 2.91. The molecule has 1 aliphatic rings. The predicted molar refractivity (Wildman–Crippen MR) is 104 cm³/mol. The number of hydrogen-bond acceptors (Lipinski definition) is 4. The van der Waals surface area contributed by atoms with Gasteiger partial charge >= 0.3 is 0 Å². The van der Waals surface area contributed by atoms with Crippen LogP contribution in [0.15, 0.2) is 24.3 Å². The van der Waals surface area contributed by atoms with Gasteiger partial charge in [-0.1, -0.05) is 30.7 Å². The molecule has 0 bridgehead atoms. The zero-order valence-electron chi connectivity index (χ0n) is 15.6. The molecule has 2 rings (SSSR count). The van der Waals surface area contributed by atoms with Crippen LogP contribution >= 0.6 is 11.6 Å². The molecule has 1 aromatic carbocycles. The van der Waals surface area contributed by atoms with Crippen LogP contribution in [0.3, 0.4) is 0 Å². The minimum Gasteiger partial charge on any atom is -0.354 e. The topological polar surface area (TPSA) is 64.7 Å². The number of benzene rings is 1. The number of piperazine rings is 1. The van der Waals surface area contributed by atoms with E-state index in [9.17, 15) is 9.59 Å². The van der Waals surface area contributed by atoms with Crippen LogP contribution in [0.1, 0.15) is 25.8 Å². The Morgan fingerprint density at radius 1 is 1.12 bits per heavy atom. The largest absolute Gasteiger partial charge is 0.354 e. The van der Waals surface area contributed by atoms with Crippen molar-refractivity contribution in [2.24, 2.45) is 0 Å². The van der Waals surface area contributed by atoms with Crippen LogP contribution in [0, 0.1) is 0 Å². The molecule has 1 fully saturated rings. The molecule has 144 valence electrons. The summed E-state index contributed by atoms with van der Waals surface area (Å²) in [6, 6.07) is 7.42. The van der Waals surface area contributed by atoms with Crippen molar-refractivity contribution in [3.8, 4) is 0 Å². The molecule has 0 spiro atoms. The first-order valence-corrected chi connectivity index (χ1v) is 9.62. The maximum atomic E-state index is 12.1. The lowest BCUT2D eigenvalue weighted by molar-refractivity contribution is -0.129. The zero-order valence-corrected chi connectivity index (χ0v) is 16.4. The number of hydrogen-bond donors (Lipinski definition) is 2. The van der Waals surface area contributed by atoms with Gasteiger partial charge in [0, 0.05) is 44.3 Å². The lowest BCUT2D eigenvalue weighted by atomic mass is 10.2. The van der Waals surface area contributed by atoms with Gasteiger partial charge in [-0.3, -0.25) is 19.4 Å². The number of carbonyl (C=O) groups is 2. The van der Waals surface area contributed by atoms with E-state index in [0.29, 0.717) is 13.1 Å². The number of nitrogens with zero attached hydrogens (tertiary/aromatic N) is 2. The first-order chi connectivity index (χ1) is 12.5. The van der Waals surface area contributed by atoms with Crippen LogP contribution in [0.4, 0.5) is 0 Å². The Bertz CT molecular complexity index is 586. The third kappa shape index (κ3) is 6.94. The van der Waals surface area contributed by atoms with Gasteiger partial charge in [0.2, 0.25) is 11.8 Å². The molecular weight excluding hydrogens is 352 g/mol. The van der Waals surface area contributed by atoms with Crippen molar-refractivity contribution < 1.29 is 9.59 Å². The fraction of sp³-hybridized carbons (Fsp3) is 0.579. The summed E-state index contributed by atoms with van der Waals surface area (Å²) in [7, 11) is 0. The van der Waals surface area contributed by atoms with Gasteiger partial charge in [-0.2, -0.15) is 0 Å². The minimum atomic E-state index is -0.500. The fourth-order valence-corrected chi connectivity index (χ4v) is 3.04. The third-order valence-corrected chi connectivity index (χ3v) is 4.72. The second-order valence-corrected chi connectivity index (χ2v) is 7.20. The van der Waals surface area contributed by atoms with Crippen molar-refractivity contribution in [3.63, 3.8) is 0 Å². The quantitative estimate of drug-likeness (QED) is 0.717. The Balaban J connectivity index is 1.68. The minimum absolute atomic E-state index is 0.102. The van der Waals surface area contributed by atoms with Gasteiger partial charge in [0.05, 0.1) is 6.54 Å². The predicted octanol–water partition coefficient (Wildman–Crippen LogP) is 1.49. The lowest BCUT2D eigenvalue weighted by Gasteiger charge is -2.34. The second-order valence-electron chi connectivity index (χ2n) is 6.76. The van der Waals surface area contributed by atoms with Gasteiger partial charge in [0.25, 0.3) is 0 Å². The molecule has 0 unspecified atom stereocenters. The van der Waals surface area contributed by atoms with Gasteiger partial charge in [0.1, 0.15) is 6.04 Å². The van der Waals surface area contributed by atoms with Gasteiger partial charge in [-0.15, -0.1) is 0 Å². The molecule has 2 amide bonds. The smallest absolute Gasteiger partial charge is 0.242 e. The van der Waals surface area contributed by atoms with Crippen LogP contribution in [0.25, 0.3) is 0 Å². The molecule has 26 heavy (non-hydrogen) atoms. The molecule has 6 nitrogen and oxygen atoms in total.